The van der Waals surface area contributed by atoms with E-state index in [1.54, 1.807) is 0 Å². The highest BCUT2D eigenvalue weighted by molar-refractivity contribution is 7.80. The van der Waals surface area contributed by atoms with Crippen LogP contribution in [0.2, 0.25) is 0 Å². The fourth-order valence-electron chi connectivity index (χ4n) is 1.95. The summed E-state index contributed by atoms with van der Waals surface area (Å²) in [6, 6.07) is 2.65. The van der Waals surface area contributed by atoms with E-state index < -0.39 is 5.82 Å². The molecule has 0 unspecified atom stereocenters. The Labute approximate surface area is 113 Å². The predicted octanol–water partition coefficient (Wildman–Crippen LogP) is 1.04. The smallest absolute Gasteiger partial charge is 0.273 e. The SMILES string of the molecule is O=C1NC(=S)N/C1=C\c1cc(F)cc2c1OCOC2. The summed E-state index contributed by atoms with van der Waals surface area (Å²) in [5, 5.41) is 5.36. The number of amides is 1. The van der Waals surface area contributed by atoms with Crippen LogP contribution in [0.1, 0.15) is 11.1 Å². The molecule has 0 radical (unpaired) electrons. The Kier molecular flexibility index (Phi) is 2.92. The van der Waals surface area contributed by atoms with Gasteiger partial charge < -0.3 is 14.8 Å². The minimum atomic E-state index is -0.416. The number of ether oxygens (including phenoxy) is 2. The van der Waals surface area contributed by atoms with Crippen molar-refractivity contribution in [2.45, 2.75) is 6.61 Å². The second kappa shape index (κ2) is 4.60. The summed E-state index contributed by atoms with van der Waals surface area (Å²) in [6.07, 6.45) is 1.50. The average molecular weight is 280 g/mol. The van der Waals surface area contributed by atoms with E-state index in [2.05, 4.69) is 10.6 Å². The monoisotopic (exact) mass is 280 g/mol. The van der Waals surface area contributed by atoms with Gasteiger partial charge in [0.1, 0.15) is 17.3 Å². The van der Waals surface area contributed by atoms with Gasteiger partial charge in [-0.1, -0.05) is 0 Å². The van der Waals surface area contributed by atoms with Crippen LogP contribution >= 0.6 is 12.2 Å². The molecule has 98 valence electrons. The first-order chi connectivity index (χ1) is 9.13. The Bertz CT molecular complexity index is 615. The molecule has 0 atom stereocenters. The molecule has 7 heteroatoms. The van der Waals surface area contributed by atoms with Gasteiger partial charge in [-0.2, -0.15) is 0 Å². The molecule has 0 aliphatic carbocycles. The molecule has 2 aliphatic rings. The maximum absolute atomic E-state index is 13.5. The number of hydrogen-bond acceptors (Lipinski definition) is 4. The molecule has 3 rings (SSSR count). The van der Waals surface area contributed by atoms with Crippen molar-refractivity contribution < 1.29 is 18.7 Å². The van der Waals surface area contributed by atoms with E-state index >= 15 is 0 Å². The summed E-state index contributed by atoms with van der Waals surface area (Å²) in [4.78, 5) is 11.6. The van der Waals surface area contributed by atoms with Gasteiger partial charge in [-0.15, -0.1) is 0 Å². The van der Waals surface area contributed by atoms with E-state index in [1.165, 1.54) is 18.2 Å². The highest BCUT2D eigenvalue weighted by atomic mass is 32.1. The summed E-state index contributed by atoms with van der Waals surface area (Å²) >= 11 is 4.83. The topological polar surface area (TPSA) is 59.6 Å². The second-order valence-electron chi connectivity index (χ2n) is 4.06. The molecule has 0 aromatic heterocycles. The number of rotatable bonds is 1. The van der Waals surface area contributed by atoms with Crippen molar-refractivity contribution >= 4 is 29.3 Å². The third kappa shape index (κ3) is 2.29. The first-order valence-electron chi connectivity index (χ1n) is 5.50. The van der Waals surface area contributed by atoms with Gasteiger partial charge in [0.25, 0.3) is 5.91 Å². The lowest BCUT2D eigenvalue weighted by atomic mass is 10.1. The molecule has 2 heterocycles. The van der Waals surface area contributed by atoms with Crippen LogP contribution < -0.4 is 15.4 Å². The lowest BCUT2D eigenvalue weighted by Crippen LogP contribution is -2.21. The third-order valence-corrected chi connectivity index (χ3v) is 2.93. The minimum Gasteiger partial charge on any atom is -0.467 e. The molecule has 1 amide bonds. The van der Waals surface area contributed by atoms with Crippen molar-refractivity contribution in [2.75, 3.05) is 6.79 Å². The molecule has 2 N–H and O–H groups in total. The van der Waals surface area contributed by atoms with Crippen LogP contribution in [-0.4, -0.2) is 17.8 Å². The molecule has 0 bridgehead atoms. The molecule has 1 saturated heterocycles. The number of nitrogens with one attached hydrogen (secondary N) is 2. The van der Waals surface area contributed by atoms with Gasteiger partial charge in [0.05, 0.1) is 6.61 Å². The molecule has 1 fully saturated rings. The van der Waals surface area contributed by atoms with Crippen molar-refractivity contribution in [1.29, 1.82) is 0 Å². The average Bonchev–Trinajstić information content (AvgIpc) is 2.67. The standard InChI is InChI=1S/C12H9FN2O3S/c13-8-1-6(3-9-11(16)15-12(19)14-9)10-7(2-8)4-17-5-18-10/h1-3H,4-5H2,(H2,14,15,16,19)/b9-3-. The summed E-state index contributed by atoms with van der Waals surface area (Å²) in [6.45, 7) is 0.383. The Hall–Kier alpha value is -1.99. The Morgan fingerprint density at radius 2 is 2.21 bits per heavy atom. The number of carbonyl (C=O) groups is 1. The molecular formula is C12H9FN2O3S. The van der Waals surface area contributed by atoms with Crippen LogP contribution in [0.15, 0.2) is 17.8 Å². The van der Waals surface area contributed by atoms with Gasteiger partial charge in [-0.3, -0.25) is 10.1 Å². The fourth-order valence-corrected chi connectivity index (χ4v) is 2.16. The first kappa shape index (κ1) is 12.1. The maximum atomic E-state index is 13.5. The Morgan fingerprint density at radius 1 is 1.37 bits per heavy atom. The molecule has 1 aromatic carbocycles. The van der Waals surface area contributed by atoms with E-state index in [9.17, 15) is 9.18 Å². The Morgan fingerprint density at radius 3 is 2.95 bits per heavy atom. The summed E-state index contributed by atoms with van der Waals surface area (Å²) < 4.78 is 24.0. The van der Waals surface area contributed by atoms with Gasteiger partial charge in [-0.05, 0) is 30.4 Å². The van der Waals surface area contributed by atoms with E-state index in [0.717, 1.165) is 0 Å². The van der Waals surface area contributed by atoms with E-state index in [4.69, 9.17) is 21.7 Å². The quantitative estimate of drug-likeness (QED) is 0.594. The van der Waals surface area contributed by atoms with E-state index in [1.807, 2.05) is 0 Å². The highest BCUT2D eigenvalue weighted by Crippen LogP contribution is 2.31. The molecule has 19 heavy (non-hydrogen) atoms. The molecule has 0 spiro atoms. The van der Waals surface area contributed by atoms with Crippen molar-refractivity contribution in [1.82, 2.24) is 10.6 Å². The lowest BCUT2D eigenvalue weighted by molar-refractivity contribution is -0.115. The number of thiocarbonyl (C=S) groups is 1. The van der Waals surface area contributed by atoms with Gasteiger partial charge in [0.15, 0.2) is 11.9 Å². The van der Waals surface area contributed by atoms with Crippen molar-refractivity contribution in [3.8, 4) is 5.75 Å². The summed E-state index contributed by atoms with van der Waals surface area (Å²) in [7, 11) is 0. The number of halogens is 1. The van der Waals surface area contributed by atoms with Crippen molar-refractivity contribution in [3.05, 3.63) is 34.8 Å². The number of carbonyl (C=O) groups excluding carboxylic acids is 1. The maximum Gasteiger partial charge on any atom is 0.273 e. The number of benzene rings is 1. The van der Waals surface area contributed by atoms with Crippen LogP contribution in [0.3, 0.4) is 0 Å². The van der Waals surface area contributed by atoms with E-state index in [-0.39, 0.29) is 30.1 Å². The van der Waals surface area contributed by atoms with Gasteiger partial charge in [0.2, 0.25) is 0 Å². The first-order valence-corrected chi connectivity index (χ1v) is 5.91. The number of fused-ring (bicyclic) bond motifs is 1. The van der Waals surface area contributed by atoms with Crippen LogP contribution in [-0.2, 0) is 16.1 Å². The van der Waals surface area contributed by atoms with Gasteiger partial charge in [0, 0.05) is 11.1 Å². The zero-order chi connectivity index (χ0) is 13.4. The highest BCUT2D eigenvalue weighted by Gasteiger charge is 2.22. The van der Waals surface area contributed by atoms with E-state index in [0.29, 0.717) is 16.9 Å². The molecule has 2 aliphatic heterocycles. The van der Waals surface area contributed by atoms with Crippen molar-refractivity contribution in [2.24, 2.45) is 0 Å². The second-order valence-corrected chi connectivity index (χ2v) is 4.47. The number of hydrogen-bond donors (Lipinski definition) is 2. The molecule has 5 nitrogen and oxygen atoms in total. The summed E-state index contributed by atoms with van der Waals surface area (Å²) in [5.74, 6) is -0.247. The predicted molar refractivity (Wildman–Crippen MR) is 68.5 cm³/mol. The lowest BCUT2D eigenvalue weighted by Gasteiger charge is -2.19. The normalized spacial score (nSPS) is 19.7. The molecule has 1 aromatic rings. The van der Waals surface area contributed by atoms with Crippen molar-refractivity contribution in [3.63, 3.8) is 0 Å². The van der Waals surface area contributed by atoms with Crippen LogP contribution in [0.25, 0.3) is 6.08 Å². The van der Waals surface area contributed by atoms with Gasteiger partial charge >= 0.3 is 0 Å². The van der Waals surface area contributed by atoms with Crippen LogP contribution in [0.4, 0.5) is 4.39 Å². The molecule has 0 saturated carbocycles. The Balaban J connectivity index is 2.05. The van der Waals surface area contributed by atoms with Crippen LogP contribution in [0, 0.1) is 5.82 Å². The molecular weight excluding hydrogens is 271 g/mol. The zero-order valence-corrected chi connectivity index (χ0v) is 10.5. The third-order valence-electron chi connectivity index (χ3n) is 2.72. The summed E-state index contributed by atoms with van der Waals surface area (Å²) in [5.41, 5.74) is 1.34. The largest absolute Gasteiger partial charge is 0.467 e. The van der Waals surface area contributed by atoms with Crippen LogP contribution in [0.5, 0.6) is 5.75 Å². The van der Waals surface area contributed by atoms with Gasteiger partial charge in [-0.25, -0.2) is 4.39 Å². The minimum absolute atomic E-state index is 0.104. The fraction of sp³-hybridized carbons (Fsp3) is 0.167. The zero-order valence-electron chi connectivity index (χ0n) is 9.66.